The van der Waals surface area contributed by atoms with Gasteiger partial charge >= 0.3 is 0 Å². The van der Waals surface area contributed by atoms with Gasteiger partial charge in [0.05, 0.1) is 5.02 Å². The molecule has 20 heavy (non-hydrogen) atoms. The molecule has 0 spiro atoms. The standard InChI is InChI=1S/C12H11Cl3N4O/c1-6(13)19-11(15)9(16-2)10(20)7-4-5-18-12(17-3)8(7)14/h4-5H,2H2,1,3H3,(H,17,18)/b11-9-,19-6?. The lowest BCUT2D eigenvalue weighted by atomic mass is 10.1. The van der Waals surface area contributed by atoms with Crippen LogP contribution in [-0.2, 0) is 0 Å². The Bertz CT molecular complexity index is 607. The smallest absolute Gasteiger partial charge is 0.216 e. The van der Waals surface area contributed by atoms with Crippen molar-refractivity contribution in [1.29, 1.82) is 0 Å². The number of hydrogen-bond acceptors (Lipinski definition) is 5. The summed E-state index contributed by atoms with van der Waals surface area (Å²) in [5.41, 5.74) is 0.0517. The summed E-state index contributed by atoms with van der Waals surface area (Å²) in [5, 5.41) is 2.94. The average molecular weight is 334 g/mol. The molecule has 106 valence electrons. The minimum atomic E-state index is -0.518. The Hall–Kier alpha value is -1.43. The predicted molar refractivity (Wildman–Crippen MR) is 84.5 cm³/mol. The van der Waals surface area contributed by atoms with Gasteiger partial charge in [0, 0.05) is 18.8 Å². The molecule has 0 aromatic carbocycles. The number of pyridine rings is 1. The van der Waals surface area contributed by atoms with Gasteiger partial charge in [0.1, 0.15) is 16.7 Å². The summed E-state index contributed by atoms with van der Waals surface area (Å²) in [6.45, 7) is 4.83. The van der Waals surface area contributed by atoms with Crippen LogP contribution in [0.5, 0.6) is 0 Å². The fourth-order valence-electron chi connectivity index (χ4n) is 1.34. The van der Waals surface area contributed by atoms with Gasteiger partial charge in [0.15, 0.2) is 5.16 Å². The molecule has 1 heterocycles. The zero-order chi connectivity index (χ0) is 15.3. The molecule has 0 amide bonds. The van der Waals surface area contributed by atoms with Crippen molar-refractivity contribution in [2.45, 2.75) is 6.92 Å². The lowest BCUT2D eigenvalue weighted by Crippen LogP contribution is -2.06. The molecule has 0 bridgehead atoms. The van der Waals surface area contributed by atoms with E-state index in [1.54, 1.807) is 7.05 Å². The first-order chi connectivity index (χ1) is 9.42. The molecule has 0 aliphatic rings. The van der Waals surface area contributed by atoms with Crippen molar-refractivity contribution in [3.05, 3.63) is 33.7 Å². The molecule has 1 N–H and O–H groups in total. The molecule has 1 aromatic heterocycles. The highest BCUT2D eigenvalue weighted by Crippen LogP contribution is 2.27. The zero-order valence-electron chi connectivity index (χ0n) is 10.7. The largest absolute Gasteiger partial charge is 0.372 e. The zero-order valence-corrected chi connectivity index (χ0v) is 13.0. The van der Waals surface area contributed by atoms with Crippen molar-refractivity contribution in [3.8, 4) is 0 Å². The third kappa shape index (κ3) is 3.79. The lowest BCUT2D eigenvalue weighted by molar-refractivity contribution is 0.103. The van der Waals surface area contributed by atoms with Crippen LogP contribution in [0.2, 0.25) is 5.02 Å². The lowest BCUT2D eigenvalue weighted by Gasteiger charge is -2.07. The van der Waals surface area contributed by atoms with Gasteiger partial charge in [-0.2, -0.15) is 0 Å². The molecule has 0 radical (unpaired) electrons. The Kier molecular flexibility index (Phi) is 6.13. The molecular formula is C12H11Cl3N4O. The van der Waals surface area contributed by atoms with Gasteiger partial charge in [-0.05, 0) is 19.7 Å². The molecule has 0 fully saturated rings. The first-order valence-corrected chi connectivity index (χ1v) is 6.50. The van der Waals surface area contributed by atoms with Gasteiger partial charge < -0.3 is 5.32 Å². The van der Waals surface area contributed by atoms with E-state index in [9.17, 15) is 4.79 Å². The number of aliphatic imine (C=N–C) groups is 2. The van der Waals surface area contributed by atoms with Gasteiger partial charge in [-0.15, -0.1) is 0 Å². The summed E-state index contributed by atoms with van der Waals surface area (Å²) in [5.74, 6) is -0.148. The molecule has 0 aliphatic heterocycles. The van der Waals surface area contributed by atoms with Crippen LogP contribution in [0.4, 0.5) is 5.82 Å². The summed E-state index contributed by atoms with van der Waals surface area (Å²) in [6.07, 6.45) is 1.44. The van der Waals surface area contributed by atoms with E-state index in [2.05, 4.69) is 27.0 Å². The van der Waals surface area contributed by atoms with Gasteiger partial charge in [-0.1, -0.05) is 34.8 Å². The molecular weight excluding hydrogens is 323 g/mol. The van der Waals surface area contributed by atoms with Crippen LogP contribution in [0.15, 0.2) is 33.1 Å². The second-order valence-electron chi connectivity index (χ2n) is 3.51. The Labute approximate surface area is 131 Å². The topological polar surface area (TPSA) is 66.7 Å². The number of nitrogens with one attached hydrogen (secondary N) is 1. The predicted octanol–water partition coefficient (Wildman–Crippen LogP) is 3.73. The number of hydrogen-bond donors (Lipinski definition) is 1. The van der Waals surface area contributed by atoms with E-state index in [-0.39, 0.29) is 26.6 Å². The number of carbonyl (C=O) groups excluding carboxylic acids is 1. The fraction of sp³-hybridized carbons (Fsp3) is 0.167. The summed E-state index contributed by atoms with van der Waals surface area (Å²) in [7, 11) is 1.64. The normalized spacial score (nSPS) is 12.8. The molecule has 1 aromatic rings. The summed E-state index contributed by atoms with van der Waals surface area (Å²) in [6, 6.07) is 1.46. The second kappa shape index (κ2) is 7.38. The molecule has 1 rings (SSSR count). The van der Waals surface area contributed by atoms with Crippen LogP contribution < -0.4 is 5.32 Å². The van der Waals surface area contributed by atoms with E-state index >= 15 is 0 Å². The third-order valence-electron chi connectivity index (χ3n) is 2.19. The molecule has 0 saturated heterocycles. The number of allylic oxidation sites excluding steroid dienone is 1. The maximum absolute atomic E-state index is 12.4. The van der Waals surface area contributed by atoms with Crippen molar-refractivity contribution in [1.82, 2.24) is 4.98 Å². The van der Waals surface area contributed by atoms with E-state index in [4.69, 9.17) is 34.8 Å². The van der Waals surface area contributed by atoms with Crippen LogP contribution in [0.25, 0.3) is 0 Å². The van der Waals surface area contributed by atoms with Crippen LogP contribution in [0.1, 0.15) is 17.3 Å². The Morgan fingerprint density at radius 2 is 2.10 bits per heavy atom. The van der Waals surface area contributed by atoms with E-state index in [0.29, 0.717) is 5.82 Å². The average Bonchev–Trinajstić information content (AvgIpc) is 2.38. The van der Waals surface area contributed by atoms with E-state index in [0.717, 1.165) is 0 Å². The molecule has 0 unspecified atom stereocenters. The Morgan fingerprint density at radius 3 is 2.60 bits per heavy atom. The number of anilines is 1. The number of halogens is 3. The van der Waals surface area contributed by atoms with Crippen molar-refractivity contribution in [2.75, 3.05) is 12.4 Å². The van der Waals surface area contributed by atoms with Crippen molar-refractivity contribution < 1.29 is 4.79 Å². The van der Waals surface area contributed by atoms with Gasteiger partial charge in [-0.25, -0.2) is 9.98 Å². The highest BCUT2D eigenvalue weighted by molar-refractivity contribution is 6.65. The van der Waals surface area contributed by atoms with E-state index in [1.165, 1.54) is 19.2 Å². The second-order valence-corrected chi connectivity index (χ2v) is 4.79. The Morgan fingerprint density at radius 1 is 1.45 bits per heavy atom. The Balaban J connectivity index is 3.36. The quantitative estimate of drug-likeness (QED) is 0.386. The SMILES string of the molecule is C=N/C(C(=O)c1ccnc(NC)c1Cl)=C(/Cl)N=C(C)Cl. The maximum Gasteiger partial charge on any atom is 0.216 e. The minimum Gasteiger partial charge on any atom is -0.372 e. The fourth-order valence-corrected chi connectivity index (χ4v) is 2.03. The maximum atomic E-state index is 12.4. The molecule has 8 heteroatoms. The molecule has 0 aliphatic carbocycles. The van der Waals surface area contributed by atoms with Gasteiger partial charge in [0.2, 0.25) is 5.78 Å². The molecule has 0 saturated carbocycles. The van der Waals surface area contributed by atoms with Crippen molar-refractivity contribution >= 4 is 58.3 Å². The monoisotopic (exact) mass is 332 g/mol. The van der Waals surface area contributed by atoms with Crippen LogP contribution in [0.3, 0.4) is 0 Å². The highest BCUT2D eigenvalue weighted by atomic mass is 35.5. The van der Waals surface area contributed by atoms with Crippen LogP contribution in [0, 0.1) is 0 Å². The number of ketones is 1. The number of nitrogens with zero attached hydrogens (tertiary/aromatic N) is 3. The van der Waals surface area contributed by atoms with Crippen LogP contribution in [-0.4, -0.2) is 29.7 Å². The number of rotatable bonds is 5. The van der Waals surface area contributed by atoms with E-state index < -0.39 is 5.78 Å². The molecule has 5 nitrogen and oxygen atoms in total. The van der Waals surface area contributed by atoms with Gasteiger partial charge in [0.25, 0.3) is 0 Å². The summed E-state index contributed by atoms with van der Waals surface area (Å²) in [4.78, 5) is 23.7. The highest BCUT2D eigenvalue weighted by Gasteiger charge is 2.20. The number of carbonyl (C=O) groups is 1. The van der Waals surface area contributed by atoms with E-state index in [1.807, 2.05) is 0 Å². The van der Waals surface area contributed by atoms with Crippen molar-refractivity contribution in [2.24, 2.45) is 9.98 Å². The van der Waals surface area contributed by atoms with Crippen molar-refractivity contribution in [3.63, 3.8) is 0 Å². The first kappa shape index (κ1) is 16.6. The first-order valence-electron chi connectivity index (χ1n) is 5.36. The number of aromatic nitrogens is 1. The van der Waals surface area contributed by atoms with Gasteiger partial charge in [-0.3, -0.25) is 9.79 Å². The third-order valence-corrected chi connectivity index (χ3v) is 2.92. The summed E-state index contributed by atoms with van der Waals surface area (Å²) < 4.78 is 0. The summed E-state index contributed by atoms with van der Waals surface area (Å²) >= 11 is 17.6. The minimum absolute atomic E-state index is 0.137. The van der Waals surface area contributed by atoms with Crippen LogP contribution >= 0.6 is 34.8 Å². The number of Topliss-reactive ketones (excluding diaryl/α,β-unsaturated/α-hetero) is 1. The molecule has 0 atom stereocenters.